The molecule has 0 saturated carbocycles. The summed E-state index contributed by atoms with van der Waals surface area (Å²) in [7, 11) is 0. The molecule has 0 amide bonds. The van der Waals surface area contributed by atoms with Crippen molar-refractivity contribution in [3.8, 4) is 0 Å². The quantitative estimate of drug-likeness (QED) is 0.831. The summed E-state index contributed by atoms with van der Waals surface area (Å²) in [6.07, 6.45) is 2.54. The molecular formula is C13H16FN3. The van der Waals surface area contributed by atoms with Crippen LogP contribution < -0.4 is 5.32 Å². The normalized spacial score (nSPS) is 12.6. The van der Waals surface area contributed by atoms with Crippen LogP contribution in [-0.4, -0.2) is 16.2 Å². The summed E-state index contributed by atoms with van der Waals surface area (Å²) in [6.45, 7) is 2.83. The number of hydrogen-bond donors (Lipinski definition) is 2. The van der Waals surface area contributed by atoms with Crippen molar-refractivity contribution in [3.05, 3.63) is 53.6 Å². The monoisotopic (exact) mass is 233 g/mol. The van der Waals surface area contributed by atoms with Gasteiger partial charge in [-0.05, 0) is 37.1 Å². The second-order valence-electron chi connectivity index (χ2n) is 4.20. The van der Waals surface area contributed by atoms with E-state index >= 15 is 0 Å². The van der Waals surface area contributed by atoms with Gasteiger partial charge in [-0.15, -0.1) is 0 Å². The van der Waals surface area contributed by atoms with Gasteiger partial charge in [0.1, 0.15) is 5.82 Å². The van der Waals surface area contributed by atoms with E-state index in [0.29, 0.717) is 6.04 Å². The van der Waals surface area contributed by atoms with Crippen LogP contribution in [0.2, 0.25) is 0 Å². The van der Waals surface area contributed by atoms with Crippen molar-refractivity contribution in [3.63, 3.8) is 0 Å². The molecule has 2 aromatic rings. The molecule has 0 saturated heterocycles. The number of nitrogens with one attached hydrogen (secondary N) is 2. The number of rotatable bonds is 5. The maximum atomic E-state index is 13.0. The highest BCUT2D eigenvalue weighted by Crippen LogP contribution is 2.06. The molecule has 2 rings (SSSR count). The lowest BCUT2D eigenvalue weighted by molar-refractivity contribution is 0.537. The average Bonchev–Trinajstić information content (AvgIpc) is 2.79. The van der Waals surface area contributed by atoms with E-state index in [-0.39, 0.29) is 5.82 Å². The molecule has 1 aromatic carbocycles. The van der Waals surface area contributed by atoms with Crippen molar-refractivity contribution in [2.75, 3.05) is 0 Å². The maximum Gasteiger partial charge on any atom is 0.123 e. The number of H-pyrrole nitrogens is 1. The first-order valence-corrected chi connectivity index (χ1v) is 5.70. The molecule has 17 heavy (non-hydrogen) atoms. The molecule has 0 bridgehead atoms. The summed E-state index contributed by atoms with van der Waals surface area (Å²) >= 11 is 0. The maximum absolute atomic E-state index is 13.0. The number of nitrogens with zero attached hydrogens (tertiary/aromatic N) is 1. The van der Waals surface area contributed by atoms with E-state index in [9.17, 15) is 4.39 Å². The van der Waals surface area contributed by atoms with Crippen LogP contribution in [0.25, 0.3) is 0 Å². The molecule has 4 heteroatoms. The largest absolute Gasteiger partial charge is 0.308 e. The Hall–Kier alpha value is -1.68. The minimum absolute atomic E-state index is 0.178. The Morgan fingerprint density at radius 1 is 1.41 bits per heavy atom. The van der Waals surface area contributed by atoms with E-state index < -0.39 is 0 Å². The van der Waals surface area contributed by atoms with Gasteiger partial charge in [0, 0.05) is 24.5 Å². The first-order chi connectivity index (χ1) is 8.24. The zero-order valence-electron chi connectivity index (χ0n) is 9.78. The van der Waals surface area contributed by atoms with E-state index in [1.807, 2.05) is 12.1 Å². The summed E-state index contributed by atoms with van der Waals surface area (Å²) in [5, 5.41) is 10.1. The van der Waals surface area contributed by atoms with E-state index in [1.165, 1.54) is 6.07 Å². The number of aromatic amines is 1. The molecule has 2 N–H and O–H groups in total. The summed E-state index contributed by atoms with van der Waals surface area (Å²) in [4.78, 5) is 0. The molecule has 1 atom stereocenters. The van der Waals surface area contributed by atoms with E-state index in [0.717, 1.165) is 24.2 Å². The second-order valence-corrected chi connectivity index (χ2v) is 4.20. The van der Waals surface area contributed by atoms with Gasteiger partial charge in [-0.3, -0.25) is 5.10 Å². The highest BCUT2D eigenvalue weighted by atomic mass is 19.1. The SMILES string of the molecule is CC(Cc1cccc(F)c1)NCc1ccn[nH]1. The lowest BCUT2D eigenvalue weighted by Crippen LogP contribution is -2.27. The third-order valence-corrected chi connectivity index (χ3v) is 2.63. The second kappa shape index (κ2) is 5.59. The molecule has 0 fully saturated rings. The van der Waals surface area contributed by atoms with Crippen LogP contribution in [0.4, 0.5) is 4.39 Å². The van der Waals surface area contributed by atoms with Gasteiger partial charge in [0.15, 0.2) is 0 Å². The third-order valence-electron chi connectivity index (χ3n) is 2.63. The van der Waals surface area contributed by atoms with E-state index in [1.54, 1.807) is 18.3 Å². The lowest BCUT2D eigenvalue weighted by Gasteiger charge is -2.13. The number of aromatic nitrogens is 2. The van der Waals surface area contributed by atoms with Crippen molar-refractivity contribution in [2.45, 2.75) is 25.9 Å². The van der Waals surface area contributed by atoms with Gasteiger partial charge >= 0.3 is 0 Å². The zero-order chi connectivity index (χ0) is 12.1. The molecule has 1 unspecified atom stereocenters. The van der Waals surface area contributed by atoms with Gasteiger partial charge in [0.25, 0.3) is 0 Å². The highest BCUT2D eigenvalue weighted by Gasteiger charge is 2.04. The van der Waals surface area contributed by atoms with Crippen LogP contribution in [0, 0.1) is 5.82 Å². The summed E-state index contributed by atoms with van der Waals surface area (Å²) < 4.78 is 13.0. The molecule has 90 valence electrons. The fourth-order valence-corrected chi connectivity index (χ4v) is 1.76. The topological polar surface area (TPSA) is 40.7 Å². The Bertz CT molecular complexity index is 453. The van der Waals surface area contributed by atoms with Gasteiger partial charge in [0.2, 0.25) is 0 Å². The van der Waals surface area contributed by atoms with Crippen molar-refractivity contribution in [2.24, 2.45) is 0 Å². The van der Waals surface area contributed by atoms with Gasteiger partial charge in [0.05, 0.1) is 0 Å². The number of hydrogen-bond acceptors (Lipinski definition) is 2. The molecule has 1 heterocycles. The molecule has 0 aliphatic heterocycles. The molecular weight excluding hydrogens is 217 g/mol. The standard InChI is InChI=1S/C13H16FN3/c1-10(15-9-13-5-6-16-17-13)7-11-3-2-4-12(14)8-11/h2-6,8,10,15H,7,9H2,1H3,(H,16,17). The summed E-state index contributed by atoms with van der Waals surface area (Å²) in [5.41, 5.74) is 2.06. The van der Waals surface area contributed by atoms with Crippen molar-refractivity contribution < 1.29 is 4.39 Å². The highest BCUT2D eigenvalue weighted by molar-refractivity contribution is 5.17. The Balaban J connectivity index is 1.83. The predicted molar refractivity (Wildman–Crippen MR) is 65.0 cm³/mol. The summed E-state index contributed by atoms with van der Waals surface area (Å²) in [5.74, 6) is -0.178. The predicted octanol–water partition coefficient (Wildman–Crippen LogP) is 2.27. The third kappa shape index (κ3) is 3.67. The van der Waals surface area contributed by atoms with Crippen LogP contribution in [-0.2, 0) is 13.0 Å². The minimum atomic E-state index is -0.178. The van der Waals surface area contributed by atoms with Crippen LogP contribution in [0.1, 0.15) is 18.2 Å². The van der Waals surface area contributed by atoms with Gasteiger partial charge in [-0.1, -0.05) is 12.1 Å². The van der Waals surface area contributed by atoms with Gasteiger partial charge in [-0.25, -0.2) is 4.39 Å². The first kappa shape index (κ1) is 11.8. The molecule has 3 nitrogen and oxygen atoms in total. The molecule has 0 aliphatic rings. The fraction of sp³-hybridized carbons (Fsp3) is 0.308. The molecule has 0 spiro atoms. The molecule has 1 aromatic heterocycles. The van der Waals surface area contributed by atoms with Crippen LogP contribution in [0.15, 0.2) is 36.5 Å². The van der Waals surface area contributed by atoms with Crippen molar-refractivity contribution in [1.29, 1.82) is 0 Å². The van der Waals surface area contributed by atoms with Gasteiger partial charge < -0.3 is 5.32 Å². The van der Waals surface area contributed by atoms with Crippen LogP contribution >= 0.6 is 0 Å². The van der Waals surface area contributed by atoms with Crippen molar-refractivity contribution in [1.82, 2.24) is 15.5 Å². The minimum Gasteiger partial charge on any atom is -0.308 e. The van der Waals surface area contributed by atoms with E-state index in [4.69, 9.17) is 0 Å². The average molecular weight is 233 g/mol. The lowest BCUT2D eigenvalue weighted by atomic mass is 10.1. The molecule has 0 radical (unpaired) electrons. The Morgan fingerprint density at radius 3 is 3.00 bits per heavy atom. The molecule has 0 aliphatic carbocycles. The smallest absolute Gasteiger partial charge is 0.123 e. The van der Waals surface area contributed by atoms with Crippen LogP contribution in [0.3, 0.4) is 0 Å². The van der Waals surface area contributed by atoms with Gasteiger partial charge in [-0.2, -0.15) is 5.10 Å². The zero-order valence-corrected chi connectivity index (χ0v) is 9.78. The Kier molecular flexibility index (Phi) is 3.88. The summed E-state index contributed by atoms with van der Waals surface area (Å²) in [6, 6.07) is 8.95. The number of halogens is 1. The number of benzene rings is 1. The van der Waals surface area contributed by atoms with Crippen molar-refractivity contribution >= 4 is 0 Å². The first-order valence-electron chi connectivity index (χ1n) is 5.70. The van der Waals surface area contributed by atoms with Crippen LogP contribution in [0.5, 0.6) is 0 Å². The van der Waals surface area contributed by atoms with E-state index in [2.05, 4.69) is 22.4 Å². The Morgan fingerprint density at radius 2 is 2.29 bits per heavy atom. The fourth-order valence-electron chi connectivity index (χ4n) is 1.76. The Labute approximate surface area is 100 Å².